The molecule has 0 aromatic heterocycles. The molecular weight excluding hydrogens is 240 g/mol. The molecule has 1 N–H and O–H groups in total. The molecule has 0 aromatic rings. The van der Waals surface area contributed by atoms with Crippen LogP contribution in [0.25, 0.3) is 0 Å². The van der Waals surface area contributed by atoms with Crippen LogP contribution in [0.4, 0.5) is 0 Å². The summed E-state index contributed by atoms with van der Waals surface area (Å²) in [6.07, 6.45) is 12.1. The van der Waals surface area contributed by atoms with Crippen molar-refractivity contribution in [2.24, 2.45) is 5.92 Å². The zero-order chi connectivity index (χ0) is 12.4. The number of nitrogens with zero attached hydrogens (tertiary/aromatic N) is 1. The standard InChI is InChI=1S/C15H24N2S/c16-10-15(12-6-7-12,17-13-8-9-13)11-18-14-4-2-1-3-5-14/h12-14,17H,1-9,11H2. The van der Waals surface area contributed by atoms with Gasteiger partial charge in [-0.2, -0.15) is 17.0 Å². The van der Waals surface area contributed by atoms with Crippen LogP contribution in [0.3, 0.4) is 0 Å². The summed E-state index contributed by atoms with van der Waals surface area (Å²) < 4.78 is 0. The molecule has 3 heteroatoms. The lowest BCUT2D eigenvalue weighted by molar-refractivity contribution is 0.400. The lowest BCUT2D eigenvalue weighted by atomic mass is 9.97. The van der Waals surface area contributed by atoms with Gasteiger partial charge in [-0.15, -0.1) is 0 Å². The first-order valence-electron chi connectivity index (χ1n) is 7.63. The van der Waals surface area contributed by atoms with Crippen LogP contribution in [0, 0.1) is 17.2 Å². The first-order valence-corrected chi connectivity index (χ1v) is 8.68. The lowest BCUT2D eigenvalue weighted by Crippen LogP contribution is -2.50. The van der Waals surface area contributed by atoms with Crippen LogP contribution in [0.2, 0.25) is 0 Å². The third-order valence-corrected chi connectivity index (χ3v) is 6.18. The molecule has 3 rings (SSSR count). The summed E-state index contributed by atoms with van der Waals surface area (Å²) in [4.78, 5) is 0. The fourth-order valence-electron chi connectivity index (χ4n) is 3.08. The number of hydrogen-bond acceptors (Lipinski definition) is 3. The number of nitriles is 1. The molecule has 0 amide bonds. The van der Waals surface area contributed by atoms with Gasteiger partial charge in [0.05, 0.1) is 6.07 Å². The number of rotatable bonds is 6. The fraction of sp³-hybridized carbons (Fsp3) is 0.933. The Morgan fingerprint density at radius 1 is 1.06 bits per heavy atom. The quantitative estimate of drug-likeness (QED) is 0.798. The third-order valence-electron chi connectivity index (χ3n) is 4.61. The van der Waals surface area contributed by atoms with Crippen molar-refractivity contribution in [2.45, 2.75) is 74.6 Å². The normalized spacial score (nSPS) is 28.6. The molecule has 3 aliphatic carbocycles. The van der Waals surface area contributed by atoms with Gasteiger partial charge in [-0.3, -0.25) is 5.32 Å². The first kappa shape index (κ1) is 12.8. The molecular formula is C15H24N2S. The third kappa shape index (κ3) is 3.03. The highest BCUT2D eigenvalue weighted by atomic mass is 32.2. The van der Waals surface area contributed by atoms with E-state index in [0.717, 1.165) is 11.0 Å². The molecule has 0 spiro atoms. The molecule has 0 saturated heterocycles. The van der Waals surface area contributed by atoms with Crippen molar-refractivity contribution in [3.8, 4) is 6.07 Å². The van der Waals surface area contributed by atoms with Crippen molar-refractivity contribution in [1.82, 2.24) is 5.32 Å². The summed E-state index contributed by atoms with van der Waals surface area (Å²) in [5.74, 6) is 1.66. The second-order valence-corrected chi connectivity index (χ2v) is 7.64. The molecule has 0 heterocycles. The minimum absolute atomic E-state index is 0.191. The molecule has 1 atom stereocenters. The smallest absolute Gasteiger partial charge is 0.118 e. The highest BCUT2D eigenvalue weighted by molar-refractivity contribution is 8.00. The van der Waals surface area contributed by atoms with Crippen LogP contribution in [0.5, 0.6) is 0 Å². The highest BCUT2D eigenvalue weighted by Gasteiger charge is 2.48. The van der Waals surface area contributed by atoms with Crippen molar-refractivity contribution in [3.05, 3.63) is 0 Å². The second-order valence-electron chi connectivity index (χ2n) is 6.35. The summed E-state index contributed by atoms with van der Waals surface area (Å²) >= 11 is 2.08. The van der Waals surface area contributed by atoms with Crippen LogP contribution >= 0.6 is 11.8 Å². The highest BCUT2D eigenvalue weighted by Crippen LogP contribution is 2.44. The predicted octanol–water partition coefficient (Wildman–Crippen LogP) is 3.48. The van der Waals surface area contributed by atoms with Gasteiger partial charge in [0.2, 0.25) is 0 Å². The van der Waals surface area contributed by atoms with Crippen molar-refractivity contribution < 1.29 is 0 Å². The molecule has 0 aliphatic heterocycles. The Labute approximate surface area is 115 Å². The van der Waals surface area contributed by atoms with Crippen LogP contribution in [-0.2, 0) is 0 Å². The molecule has 0 bridgehead atoms. The van der Waals surface area contributed by atoms with E-state index >= 15 is 0 Å². The maximum absolute atomic E-state index is 9.67. The molecule has 1 unspecified atom stereocenters. The Balaban J connectivity index is 1.56. The van der Waals surface area contributed by atoms with Crippen LogP contribution < -0.4 is 5.32 Å². The van der Waals surface area contributed by atoms with Gasteiger partial charge in [-0.05, 0) is 44.4 Å². The van der Waals surface area contributed by atoms with E-state index in [1.54, 1.807) is 0 Å². The van der Waals surface area contributed by atoms with Gasteiger partial charge in [-0.1, -0.05) is 19.3 Å². The topological polar surface area (TPSA) is 35.8 Å². The maximum Gasteiger partial charge on any atom is 0.118 e. The zero-order valence-corrected chi connectivity index (χ0v) is 12.0. The Morgan fingerprint density at radius 2 is 1.78 bits per heavy atom. The van der Waals surface area contributed by atoms with E-state index in [-0.39, 0.29) is 5.54 Å². The van der Waals surface area contributed by atoms with E-state index < -0.39 is 0 Å². The number of hydrogen-bond donors (Lipinski definition) is 1. The summed E-state index contributed by atoms with van der Waals surface area (Å²) in [5.41, 5.74) is -0.191. The zero-order valence-electron chi connectivity index (χ0n) is 11.2. The number of nitrogens with one attached hydrogen (secondary N) is 1. The second kappa shape index (κ2) is 5.43. The van der Waals surface area contributed by atoms with E-state index in [0.29, 0.717) is 12.0 Å². The van der Waals surface area contributed by atoms with Gasteiger partial charge in [0.15, 0.2) is 0 Å². The minimum Gasteiger partial charge on any atom is -0.296 e. The summed E-state index contributed by atoms with van der Waals surface area (Å²) in [5, 5.41) is 14.2. The van der Waals surface area contributed by atoms with Gasteiger partial charge >= 0.3 is 0 Å². The number of thioether (sulfide) groups is 1. The molecule has 0 aromatic carbocycles. The van der Waals surface area contributed by atoms with Crippen LogP contribution in [0.1, 0.15) is 57.8 Å². The first-order chi connectivity index (χ1) is 8.82. The summed E-state index contributed by atoms with van der Waals surface area (Å²) in [6, 6.07) is 3.31. The van der Waals surface area contributed by atoms with E-state index in [1.807, 2.05) is 0 Å². The fourth-order valence-corrected chi connectivity index (χ4v) is 4.63. The SMILES string of the molecule is N#CC(CSC1CCCCC1)(NC1CC1)C1CC1. The Bertz CT molecular complexity index is 324. The van der Waals surface area contributed by atoms with E-state index in [9.17, 15) is 5.26 Å². The molecule has 3 aliphatic rings. The Hall–Kier alpha value is -0.200. The average Bonchev–Trinajstić information content (AvgIpc) is 3.28. The van der Waals surface area contributed by atoms with Gasteiger partial charge in [0, 0.05) is 17.0 Å². The van der Waals surface area contributed by atoms with Gasteiger partial charge in [0.1, 0.15) is 5.54 Å². The van der Waals surface area contributed by atoms with Crippen molar-refractivity contribution in [2.75, 3.05) is 5.75 Å². The largest absolute Gasteiger partial charge is 0.296 e. The van der Waals surface area contributed by atoms with Crippen molar-refractivity contribution >= 4 is 11.8 Å². The summed E-state index contributed by atoms with van der Waals surface area (Å²) in [7, 11) is 0. The average molecular weight is 264 g/mol. The molecule has 100 valence electrons. The monoisotopic (exact) mass is 264 g/mol. The summed E-state index contributed by atoms with van der Waals surface area (Å²) in [6.45, 7) is 0. The molecule has 3 saturated carbocycles. The Morgan fingerprint density at radius 3 is 2.33 bits per heavy atom. The van der Waals surface area contributed by atoms with E-state index in [1.165, 1.54) is 57.8 Å². The van der Waals surface area contributed by atoms with Gasteiger partial charge in [0.25, 0.3) is 0 Å². The molecule has 0 radical (unpaired) electrons. The molecule has 3 fully saturated rings. The van der Waals surface area contributed by atoms with Gasteiger partial charge in [-0.25, -0.2) is 0 Å². The van der Waals surface area contributed by atoms with E-state index in [2.05, 4.69) is 23.1 Å². The lowest BCUT2D eigenvalue weighted by Gasteiger charge is -2.31. The van der Waals surface area contributed by atoms with Crippen LogP contribution in [-0.4, -0.2) is 22.6 Å². The minimum atomic E-state index is -0.191. The molecule has 18 heavy (non-hydrogen) atoms. The Kier molecular flexibility index (Phi) is 3.86. The predicted molar refractivity (Wildman–Crippen MR) is 76.6 cm³/mol. The molecule has 2 nitrogen and oxygen atoms in total. The maximum atomic E-state index is 9.67. The van der Waals surface area contributed by atoms with Crippen molar-refractivity contribution in [1.29, 1.82) is 5.26 Å². The van der Waals surface area contributed by atoms with Gasteiger partial charge < -0.3 is 0 Å². The van der Waals surface area contributed by atoms with E-state index in [4.69, 9.17) is 0 Å². The van der Waals surface area contributed by atoms with Crippen molar-refractivity contribution in [3.63, 3.8) is 0 Å². The van der Waals surface area contributed by atoms with Crippen LogP contribution in [0.15, 0.2) is 0 Å².